The molecule has 0 fully saturated rings. The number of hydrogen-bond donors (Lipinski definition) is 0. The molecule has 8 aromatic rings. The Bertz CT molecular complexity index is 2980. The lowest BCUT2D eigenvalue weighted by Crippen LogP contribution is -2.31. The van der Waals surface area contributed by atoms with Crippen LogP contribution in [0.25, 0.3) is 44.5 Å². The van der Waals surface area contributed by atoms with Gasteiger partial charge in [-0.2, -0.15) is 0 Å². The number of anilines is 3. The minimum atomic E-state index is -0.461. The Morgan fingerprint density at radius 2 is 0.857 bits per heavy atom. The Kier molecular flexibility index (Phi) is 6.18. The maximum absolute atomic E-state index is 2.62. The molecule has 0 N–H and O–H groups in total. The van der Waals surface area contributed by atoms with Gasteiger partial charge in [-0.1, -0.05) is 173 Å². The summed E-state index contributed by atoms with van der Waals surface area (Å²) in [6, 6.07) is 66.8. The van der Waals surface area contributed by atoms with E-state index in [1.54, 1.807) is 0 Å². The van der Waals surface area contributed by atoms with Crippen molar-refractivity contribution in [1.29, 1.82) is 0 Å². The lowest BCUT2D eigenvalue weighted by molar-refractivity contribution is 0.627. The van der Waals surface area contributed by atoms with E-state index in [1.165, 1.54) is 106 Å². The van der Waals surface area contributed by atoms with Crippen molar-refractivity contribution < 1.29 is 0 Å². The monoisotopic (exact) mass is 715 g/mol. The molecule has 0 amide bonds. The molecule has 266 valence electrons. The first-order valence-corrected chi connectivity index (χ1v) is 20.0. The van der Waals surface area contributed by atoms with Gasteiger partial charge in [-0.05, 0) is 114 Å². The summed E-state index contributed by atoms with van der Waals surface area (Å²) in [7, 11) is 0. The van der Waals surface area contributed by atoms with Crippen molar-refractivity contribution in [3.8, 4) is 44.5 Å². The summed E-state index contributed by atoms with van der Waals surface area (Å²) < 4.78 is 0. The fourth-order valence-corrected chi connectivity index (χ4v) is 11.3. The average molecular weight is 716 g/mol. The van der Waals surface area contributed by atoms with E-state index >= 15 is 0 Å². The minimum absolute atomic E-state index is 0.114. The Balaban J connectivity index is 1.17. The van der Waals surface area contributed by atoms with E-state index < -0.39 is 5.41 Å². The fraction of sp³-hybridized carbons (Fsp3) is 0.127. The summed E-state index contributed by atoms with van der Waals surface area (Å²) in [4.78, 5) is 2.62. The molecule has 8 aromatic carbocycles. The molecule has 0 radical (unpaired) electrons. The number of nitrogens with zero attached hydrogens (tertiary/aromatic N) is 1. The number of para-hydroxylation sites is 1. The number of benzene rings is 8. The highest BCUT2D eigenvalue weighted by Crippen LogP contribution is 2.66. The molecule has 56 heavy (non-hydrogen) atoms. The number of fused-ring (bicyclic) bond motifs is 15. The van der Waals surface area contributed by atoms with Crippen LogP contribution in [0.15, 0.2) is 176 Å². The third-order valence-electron chi connectivity index (χ3n) is 13.9. The molecule has 0 saturated carbocycles. The van der Waals surface area contributed by atoms with E-state index in [0.717, 1.165) is 0 Å². The summed E-state index contributed by atoms with van der Waals surface area (Å²) >= 11 is 0. The summed E-state index contributed by atoms with van der Waals surface area (Å²) in [5, 5.41) is 0. The van der Waals surface area contributed by atoms with Crippen LogP contribution < -0.4 is 4.90 Å². The molecule has 0 bridgehead atoms. The van der Waals surface area contributed by atoms with Crippen LogP contribution in [0.1, 0.15) is 72.2 Å². The van der Waals surface area contributed by atoms with Crippen LogP contribution in [0, 0.1) is 0 Å². The lowest BCUT2D eigenvalue weighted by Gasteiger charge is -2.43. The molecule has 3 aliphatic carbocycles. The maximum Gasteiger partial charge on any atom is 0.0726 e. The SMILES string of the molecule is CC1(C)c2ccccc2-c2cc3c(cc21)N(c1cccc2c1-c1ccccc1C21c2ccccc2-c2ccc(-c4ccccc4)cc21)c1ccccc1C3(C)C. The van der Waals surface area contributed by atoms with E-state index in [4.69, 9.17) is 0 Å². The normalized spacial score (nSPS) is 18.0. The van der Waals surface area contributed by atoms with Crippen molar-refractivity contribution in [3.63, 3.8) is 0 Å². The average Bonchev–Trinajstić information content (AvgIpc) is 3.79. The Morgan fingerprint density at radius 1 is 0.304 bits per heavy atom. The largest absolute Gasteiger partial charge is 0.309 e. The molecular weight excluding hydrogens is 675 g/mol. The van der Waals surface area contributed by atoms with Crippen molar-refractivity contribution in [2.75, 3.05) is 4.90 Å². The predicted molar refractivity (Wildman–Crippen MR) is 233 cm³/mol. The molecule has 1 atom stereocenters. The zero-order valence-electron chi connectivity index (χ0n) is 32.2. The first-order chi connectivity index (χ1) is 27.3. The summed E-state index contributed by atoms with van der Waals surface area (Å²) in [5.41, 5.74) is 24.4. The molecule has 4 aliphatic rings. The summed E-state index contributed by atoms with van der Waals surface area (Å²) in [6.07, 6.45) is 0. The van der Waals surface area contributed by atoms with E-state index in [-0.39, 0.29) is 10.8 Å². The van der Waals surface area contributed by atoms with Gasteiger partial charge in [0, 0.05) is 16.4 Å². The molecule has 0 aromatic heterocycles. The molecule has 1 heteroatoms. The highest BCUT2D eigenvalue weighted by Gasteiger charge is 2.53. The zero-order valence-corrected chi connectivity index (χ0v) is 32.2. The van der Waals surface area contributed by atoms with Crippen LogP contribution in [-0.4, -0.2) is 0 Å². The van der Waals surface area contributed by atoms with Gasteiger partial charge in [0.2, 0.25) is 0 Å². The van der Waals surface area contributed by atoms with Crippen LogP contribution in [0.5, 0.6) is 0 Å². The van der Waals surface area contributed by atoms with Crippen LogP contribution in [0.3, 0.4) is 0 Å². The van der Waals surface area contributed by atoms with Crippen molar-refractivity contribution in [2.45, 2.75) is 43.9 Å². The Labute approximate surface area is 329 Å². The molecule has 0 saturated heterocycles. The van der Waals surface area contributed by atoms with Crippen LogP contribution in [-0.2, 0) is 16.2 Å². The summed E-state index contributed by atoms with van der Waals surface area (Å²) in [6.45, 7) is 9.62. The lowest BCUT2D eigenvalue weighted by atomic mass is 9.70. The molecule has 1 nitrogen and oxygen atoms in total. The van der Waals surface area contributed by atoms with Gasteiger partial charge in [0.05, 0.1) is 22.5 Å². The minimum Gasteiger partial charge on any atom is -0.309 e. The highest BCUT2D eigenvalue weighted by atomic mass is 15.2. The number of hydrogen-bond acceptors (Lipinski definition) is 1. The highest BCUT2D eigenvalue weighted by molar-refractivity contribution is 6.03. The second kappa shape index (κ2) is 10.9. The third kappa shape index (κ3) is 3.81. The Morgan fingerprint density at radius 3 is 1.62 bits per heavy atom. The topological polar surface area (TPSA) is 3.24 Å². The third-order valence-corrected chi connectivity index (χ3v) is 13.9. The maximum atomic E-state index is 2.62. The Hall–Kier alpha value is -6.44. The van der Waals surface area contributed by atoms with Gasteiger partial charge >= 0.3 is 0 Å². The van der Waals surface area contributed by atoms with Crippen molar-refractivity contribution in [2.24, 2.45) is 0 Å². The van der Waals surface area contributed by atoms with Gasteiger partial charge in [-0.15, -0.1) is 0 Å². The second-order valence-corrected chi connectivity index (χ2v) is 17.2. The van der Waals surface area contributed by atoms with Crippen LogP contribution in [0.4, 0.5) is 17.1 Å². The summed E-state index contributed by atoms with van der Waals surface area (Å²) in [5.74, 6) is 0. The predicted octanol–water partition coefficient (Wildman–Crippen LogP) is 14.1. The van der Waals surface area contributed by atoms with Gasteiger partial charge in [0.1, 0.15) is 0 Å². The van der Waals surface area contributed by atoms with Gasteiger partial charge in [-0.25, -0.2) is 0 Å². The second-order valence-electron chi connectivity index (χ2n) is 17.2. The van der Waals surface area contributed by atoms with Crippen molar-refractivity contribution >= 4 is 17.1 Å². The molecule has 1 aliphatic heterocycles. The van der Waals surface area contributed by atoms with E-state index in [9.17, 15) is 0 Å². The standard InChI is InChI=1S/C55H41N/c1-53(2)41-22-11-8-20-37(41)40-32-48-51(33-46(40)53)56(49-27-15-14-25-44(49)54(48,3)4)50-28-16-26-45-52(50)39-21-10-13-24-43(39)55(45)42-23-12-9-19-36(42)38-30-29-35(31-47(38)55)34-17-6-5-7-18-34/h5-33H,1-4H3. The van der Waals surface area contributed by atoms with E-state index in [2.05, 4.69) is 209 Å². The molecule has 1 spiro atoms. The van der Waals surface area contributed by atoms with Gasteiger partial charge < -0.3 is 4.90 Å². The molecule has 1 unspecified atom stereocenters. The van der Waals surface area contributed by atoms with E-state index in [1.807, 2.05) is 0 Å². The first-order valence-electron chi connectivity index (χ1n) is 20.0. The first kappa shape index (κ1) is 31.9. The van der Waals surface area contributed by atoms with Gasteiger partial charge in [0.25, 0.3) is 0 Å². The molecule has 12 rings (SSSR count). The van der Waals surface area contributed by atoms with Crippen molar-refractivity contribution in [1.82, 2.24) is 0 Å². The number of rotatable bonds is 2. The fourth-order valence-electron chi connectivity index (χ4n) is 11.3. The quantitative estimate of drug-likeness (QED) is 0.172. The van der Waals surface area contributed by atoms with E-state index in [0.29, 0.717) is 0 Å². The zero-order chi connectivity index (χ0) is 37.6. The molecular formula is C55H41N. The smallest absolute Gasteiger partial charge is 0.0726 e. The van der Waals surface area contributed by atoms with Gasteiger partial charge in [0.15, 0.2) is 0 Å². The van der Waals surface area contributed by atoms with Crippen molar-refractivity contribution in [3.05, 3.63) is 220 Å². The molecule has 1 heterocycles. The van der Waals surface area contributed by atoms with Crippen LogP contribution >= 0.6 is 0 Å². The van der Waals surface area contributed by atoms with Crippen LogP contribution in [0.2, 0.25) is 0 Å². The van der Waals surface area contributed by atoms with Gasteiger partial charge in [-0.3, -0.25) is 0 Å².